The smallest absolute Gasteiger partial charge is 0.252 e. The first-order valence-corrected chi connectivity index (χ1v) is 12.8. The molecule has 1 rings (SSSR count). The Morgan fingerprint density at radius 2 is 0.946 bits per heavy atom. The van der Waals surface area contributed by atoms with E-state index in [0.29, 0.717) is 19.6 Å². The minimum absolute atomic E-state index is 0.0795. The molecule has 37 heavy (non-hydrogen) atoms. The van der Waals surface area contributed by atoms with Crippen LogP contribution in [0, 0.1) is 0 Å². The van der Waals surface area contributed by atoms with Crippen LogP contribution in [0.15, 0.2) is 18.2 Å². The van der Waals surface area contributed by atoms with E-state index in [-0.39, 0.29) is 37.4 Å². The van der Waals surface area contributed by atoms with E-state index in [1.54, 1.807) is 0 Å². The molecule has 0 saturated carbocycles. The summed E-state index contributed by atoms with van der Waals surface area (Å²) in [6.45, 7) is 1.88. The van der Waals surface area contributed by atoms with Gasteiger partial charge in [0.25, 0.3) is 5.91 Å². The van der Waals surface area contributed by atoms with Crippen molar-refractivity contribution in [2.24, 2.45) is 34.4 Å². The molecule has 0 aliphatic heterocycles. The zero-order chi connectivity index (χ0) is 27.6. The quantitative estimate of drug-likeness (QED) is 0.0625. The third kappa shape index (κ3) is 13.5. The van der Waals surface area contributed by atoms with E-state index in [2.05, 4.69) is 39.7 Å². The molecule has 0 aliphatic carbocycles. The standard InChI is InChI=1S/C24H46N10O3/c25-13-19(28)22(35)31-7-1-4-16-10-17(5-2-8-32-23(36)20(29)14-26)12-18(11-16)6-3-9-33-34-24(37)21(30)15-27/h10-12,19-21,33H,1-9,13-15,25-30H2,(H,31,35)(H,32,36)(H,34,37). The van der Waals surface area contributed by atoms with E-state index in [4.69, 9.17) is 34.4 Å². The molecule has 16 N–H and O–H groups in total. The summed E-state index contributed by atoms with van der Waals surface area (Å²) in [5.74, 6) is -0.841. The Kier molecular flexibility index (Phi) is 16.3. The Labute approximate surface area is 219 Å². The van der Waals surface area contributed by atoms with Gasteiger partial charge in [0.2, 0.25) is 11.8 Å². The van der Waals surface area contributed by atoms with Crippen LogP contribution < -0.4 is 55.9 Å². The van der Waals surface area contributed by atoms with Gasteiger partial charge in [-0.2, -0.15) is 0 Å². The van der Waals surface area contributed by atoms with Gasteiger partial charge in [-0.05, 0) is 55.2 Å². The minimum Gasteiger partial charge on any atom is -0.355 e. The van der Waals surface area contributed by atoms with Crippen molar-refractivity contribution < 1.29 is 14.4 Å². The number of carbonyl (C=O) groups is 3. The first-order valence-electron chi connectivity index (χ1n) is 12.8. The lowest BCUT2D eigenvalue weighted by molar-refractivity contribution is -0.123. The van der Waals surface area contributed by atoms with Crippen molar-refractivity contribution in [3.05, 3.63) is 34.9 Å². The number of nitrogens with one attached hydrogen (secondary N) is 4. The zero-order valence-electron chi connectivity index (χ0n) is 21.6. The van der Waals surface area contributed by atoms with Crippen LogP contribution in [-0.2, 0) is 33.6 Å². The summed E-state index contributed by atoms with van der Waals surface area (Å²) in [6.07, 6.45) is 4.68. The number of hydrogen-bond acceptors (Lipinski definition) is 10. The lowest BCUT2D eigenvalue weighted by atomic mass is 9.97. The summed E-state index contributed by atoms with van der Waals surface area (Å²) >= 11 is 0. The molecule has 3 unspecified atom stereocenters. The van der Waals surface area contributed by atoms with Gasteiger partial charge in [-0.3, -0.25) is 19.8 Å². The van der Waals surface area contributed by atoms with Crippen LogP contribution in [-0.4, -0.2) is 75.1 Å². The SMILES string of the molecule is NCC(N)C(=O)NCCCc1cc(CCCNNC(=O)C(N)CN)cc(CCCNC(=O)C(N)CN)c1. The summed E-state index contributed by atoms with van der Waals surface area (Å²) < 4.78 is 0. The first kappa shape index (κ1) is 32.4. The van der Waals surface area contributed by atoms with Gasteiger partial charge in [-0.15, -0.1) is 0 Å². The largest absolute Gasteiger partial charge is 0.355 e. The van der Waals surface area contributed by atoms with E-state index < -0.39 is 18.1 Å². The molecule has 1 aromatic carbocycles. The highest BCUT2D eigenvalue weighted by molar-refractivity contribution is 5.82. The van der Waals surface area contributed by atoms with Crippen molar-refractivity contribution in [3.8, 4) is 0 Å². The van der Waals surface area contributed by atoms with Crippen molar-refractivity contribution in [2.75, 3.05) is 39.3 Å². The third-order valence-corrected chi connectivity index (χ3v) is 5.75. The predicted octanol–water partition coefficient (Wildman–Crippen LogP) is -3.80. The maximum absolute atomic E-state index is 11.8. The van der Waals surface area contributed by atoms with E-state index in [9.17, 15) is 14.4 Å². The summed E-state index contributed by atoms with van der Waals surface area (Å²) in [5, 5.41) is 5.61. The van der Waals surface area contributed by atoms with Gasteiger partial charge in [-0.1, -0.05) is 18.2 Å². The van der Waals surface area contributed by atoms with E-state index in [1.807, 2.05) is 0 Å². The van der Waals surface area contributed by atoms with Crippen LogP contribution in [0.3, 0.4) is 0 Å². The normalized spacial score (nSPS) is 13.5. The lowest BCUT2D eigenvalue weighted by Gasteiger charge is -2.13. The second kappa shape index (κ2) is 18.6. The van der Waals surface area contributed by atoms with Gasteiger partial charge >= 0.3 is 0 Å². The van der Waals surface area contributed by atoms with Crippen LogP contribution in [0.25, 0.3) is 0 Å². The Morgan fingerprint density at radius 1 is 0.595 bits per heavy atom. The van der Waals surface area contributed by atoms with Gasteiger partial charge in [-0.25, -0.2) is 5.43 Å². The highest BCUT2D eigenvalue weighted by Crippen LogP contribution is 2.15. The maximum atomic E-state index is 11.8. The molecule has 1 aromatic rings. The summed E-state index contributed by atoms with van der Waals surface area (Å²) in [7, 11) is 0. The van der Waals surface area contributed by atoms with Crippen LogP contribution in [0.2, 0.25) is 0 Å². The van der Waals surface area contributed by atoms with Gasteiger partial charge in [0.1, 0.15) is 0 Å². The van der Waals surface area contributed by atoms with Gasteiger partial charge in [0, 0.05) is 39.3 Å². The second-order valence-electron chi connectivity index (χ2n) is 8.99. The molecule has 0 saturated heterocycles. The third-order valence-electron chi connectivity index (χ3n) is 5.75. The number of hydrazine groups is 1. The van der Waals surface area contributed by atoms with Crippen LogP contribution in [0.1, 0.15) is 36.0 Å². The molecule has 0 aliphatic rings. The molecule has 0 heterocycles. The average Bonchev–Trinajstić information content (AvgIpc) is 2.91. The molecule has 13 heteroatoms. The molecule has 0 spiro atoms. The molecule has 3 amide bonds. The molecular weight excluding hydrogens is 476 g/mol. The Balaban J connectivity index is 2.65. The van der Waals surface area contributed by atoms with Gasteiger partial charge < -0.3 is 45.0 Å². The van der Waals surface area contributed by atoms with Crippen molar-refractivity contribution in [2.45, 2.75) is 56.7 Å². The highest BCUT2D eigenvalue weighted by atomic mass is 16.2. The van der Waals surface area contributed by atoms with Crippen LogP contribution in [0.5, 0.6) is 0 Å². The first-order chi connectivity index (χ1) is 17.7. The summed E-state index contributed by atoms with van der Waals surface area (Å²) in [5.41, 5.74) is 42.0. The monoisotopic (exact) mass is 522 g/mol. The fourth-order valence-corrected chi connectivity index (χ4v) is 3.49. The number of benzene rings is 1. The molecule has 0 aromatic heterocycles. The van der Waals surface area contributed by atoms with Crippen LogP contribution >= 0.6 is 0 Å². The summed E-state index contributed by atoms with van der Waals surface area (Å²) in [4.78, 5) is 35.3. The average molecular weight is 523 g/mol. The van der Waals surface area contributed by atoms with Crippen molar-refractivity contribution in [1.29, 1.82) is 0 Å². The zero-order valence-corrected chi connectivity index (χ0v) is 21.6. The Bertz CT molecular complexity index is 791. The molecular formula is C24H46N10O3. The Morgan fingerprint density at radius 3 is 1.32 bits per heavy atom. The number of amides is 3. The van der Waals surface area contributed by atoms with E-state index in [1.165, 1.54) is 5.56 Å². The second-order valence-corrected chi connectivity index (χ2v) is 8.99. The number of nitrogens with two attached hydrogens (primary N) is 6. The van der Waals surface area contributed by atoms with Gasteiger partial charge in [0.15, 0.2) is 0 Å². The fourth-order valence-electron chi connectivity index (χ4n) is 3.49. The molecule has 0 radical (unpaired) electrons. The fraction of sp³-hybridized carbons (Fsp3) is 0.625. The number of rotatable bonds is 19. The van der Waals surface area contributed by atoms with Crippen molar-refractivity contribution in [1.82, 2.24) is 21.5 Å². The molecule has 0 bridgehead atoms. The van der Waals surface area contributed by atoms with Gasteiger partial charge in [0.05, 0.1) is 18.1 Å². The molecule has 3 atom stereocenters. The Hall–Kier alpha value is -2.65. The summed E-state index contributed by atoms with van der Waals surface area (Å²) in [6, 6.07) is 4.33. The van der Waals surface area contributed by atoms with E-state index in [0.717, 1.165) is 49.7 Å². The molecule has 13 nitrogen and oxygen atoms in total. The molecule has 0 fully saturated rings. The number of hydrogen-bond donors (Lipinski definition) is 10. The number of aryl methyl sites for hydroxylation is 3. The van der Waals surface area contributed by atoms with Crippen LogP contribution in [0.4, 0.5) is 0 Å². The highest BCUT2D eigenvalue weighted by Gasteiger charge is 2.12. The molecule has 210 valence electrons. The minimum atomic E-state index is -0.738. The predicted molar refractivity (Wildman–Crippen MR) is 145 cm³/mol. The lowest BCUT2D eigenvalue weighted by Crippen LogP contribution is -2.50. The number of carbonyl (C=O) groups excluding carboxylic acids is 3. The van der Waals surface area contributed by atoms with E-state index >= 15 is 0 Å². The maximum Gasteiger partial charge on any atom is 0.252 e. The topological polar surface area (TPSA) is 255 Å². The van der Waals surface area contributed by atoms with Crippen molar-refractivity contribution in [3.63, 3.8) is 0 Å². The van der Waals surface area contributed by atoms with Crippen molar-refractivity contribution >= 4 is 17.7 Å².